The summed E-state index contributed by atoms with van der Waals surface area (Å²) < 4.78 is 0. The van der Waals surface area contributed by atoms with E-state index in [0.717, 1.165) is 0 Å². The second-order valence-corrected chi connectivity index (χ2v) is 13.3. The Kier molecular flexibility index (Phi) is 6.67. The summed E-state index contributed by atoms with van der Waals surface area (Å²) in [6.45, 7) is 0.0233. The average molecular weight is 634 g/mol. The summed E-state index contributed by atoms with van der Waals surface area (Å²) in [6, 6.07) is 71.3. The van der Waals surface area contributed by atoms with E-state index in [2.05, 4.69) is 199 Å². The van der Waals surface area contributed by atoms with Gasteiger partial charge in [0.05, 0.1) is 0 Å². The van der Waals surface area contributed by atoms with Crippen molar-refractivity contribution >= 4 is 29.1 Å². The highest BCUT2D eigenvalue weighted by molar-refractivity contribution is 6.92. The SMILES string of the molecule is c1ccc(-c2ccc3c(c2)-c2ccccc2B2c4cc(-c5ccccc5-c5ccccc5)ccc4-c4cc(-c5ccccc5)ccc4N23)cc1. The summed E-state index contributed by atoms with van der Waals surface area (Å²) in [6.07, 6.45) is 0. The van der Waals surface area contributed by atoms with Gasteiger partial charge in [0.1, 0.15) is 0 Å². The first-order chi connectivity index (χ1) is 24.8. The summed E-state index contributed by atoms with van der Waals surface area (Å²) in [5.41, 5.74) is 20.1. The Bertz CT molecular complexity index is 2540. The van der Waals surface area contributed by atoms with Crippen LogP contribution in [-0.4, -0.2) is 6.85 Å². The van der Waals surface area contributed by atoms with Crippen molar-refractivity contribution in [3.05, 3.63) is 194 Å². The predicted molar refractivity (Wildman–Crippen MR) is 213 cm³/mol. The van der Waals surface area contributed by atoms with Crippen molar-refractivity contribution in [3.63, 3.8) is 0 Å². The van der Waals surface area contributed by atoms with E-state index in [9.17, 15) is 0 Å². The minimum atomic E-state index is 0.0233. The highest BCUT2D eigenvalue weighted by Crippen LogP contribution is 2.48. The Morgan fingerprint density at radius 1 is 0.260 bits per heavy atom. The standard InChI is InChI=1S/C48H32BN/c1-4-14-33(15-5-1)36-25-28-47-43(30-36)41-22-12-13-23-45(41)49-46-32-38(40-21-11-10-20-39(40)35-18-8-3-9-19-35)24-27-42(46)44-31-37(26-29-48(44)50(47)49)34-16-6-2-7-17-34/h1-32H. The molecule has 0 aliphatic carbocycles. The van der Waals surface area contributed by atoms with E-state index < -0.39 is 0 Å². The average Bonchev–Trinajstić information content (AvgIpc) is 3.21. The second kappa shape index (κ2) is 11.6. The lowest BCUT2D eigenvalue weighted by molar-refractivity contribution is 1.35. The number of fused-ring (bicyclic) bond motifs is 11. The van der Waals surface area contributed by atoms with Crippen LogP contribution in [0.15, 0.2) is 194 Å². The van der Waals surface area contributed by atoms with Gasteiger partial charge in [0, 0.05) is 22.5 Å². The van der Waals surface area contributed by atoms with Crippen molar-refractivity contribution in [3.8, 4) is 66.8 Å². The fourth-order valence-corrected chi connectivity index (χ4v) is 8.18. The van der Waals surface area contributed by atoms with E-state index in [0.29, 0.717) is 0 Å². The number of rotatable bonds is 4. The van der Waals surface area contributed by atoms with Gasteiger partial charge in [0.25, 0.3) is 0 Å². The van der Waals surface area contributed by atoms with Gasteiger partial charge in [-0.15, -0.1) is 0 Å². The van der Waals surface area contributed by atoms with Crippen LogP contribution in [0, 0.1) is 0 Å². The number of hydrogen-bond donors (Lipinski definition) is 0. The van der Waals surface area contributed by atoms with Crippen molar-refractivity contribution in [2.75, 3.05) is 4.81 Å². The van der Waals surface area contributed by atoms with Crippen LogP contribution in [0.3, 0.4) is 0 Å². The fourth-order valence-electron chi connectivity index (χ4n) is 8.18. The van der Waals surface area contributed by atoms with E-state index in [1.807, 2.05) is 0 Å². The molecule has 0 atom stereocenters. The molecule has 1 nitrogen and oxygen atoms in total. The van der Waals surface area contributed by atoms with Gasteiger partial charge in [-0.1, -0.05) is 170 Å². The highest BCUT2D eigenvalue weighted by Gasteiger charge is 2.42. The van der Waals surface area contributed by atoms with Gasteiger partial charge < -0.3 is 4.81 Å². The van der Waals surface area contributed by atoms with Crippen molar-refractivity contribution in [2.45, 2.75) is 0 Å². The smallest absolute Gasteiger partial charge is 0.329 e. The summed E-state index contributed by atoms with van der Waals surface area (Å²) in [7, 11) is 0. The lowest BCUT2D eigenvalue weighted by atomic mass is 9.43. The van der Waals surface area contributed by atoms with E-state index >= 15 is 0 Å². The largest absolute Gasteiger partial charge is 0.376 e. The summed E-state index contributed by atoms with van der Waals surface area (Å²) >= 11 is 0. The number of benzene rings is 8. The monoisotopic (exact) mass is 633 g/mol. The van der Waals surface area contributed by atoms with E-state index in [4.69, 9.17) is 0 Å². The van der Waals surface area contributed by atoms with Gasteiger partial charge in [0.15, 0.2) is 0 Å². The Labute approximate surface area is 293 Å². The molecule has 0 saturated heterocycles. The molecule has 0 bridgehead atoms. The summed E-state index contributed by atoms with van der Waals surface area (Å²) in [5, 5.41) is 0. The first-order valence-corrected chi connectivity index (χ1v) is 17.4. The van der Waals surface area contributed by atoms with Crippen molar-refractivity contribution < 1.29 is 0 Å². The lowest BCUT2D eigenvalue weighted by Crippen LogP contribution is -2.59. The zero-order valence-corrected chi connectivity index (χ0v) is 27.5. The molecule has 0 aromatic heterocycles. The Hall–Kier alpha value is -6.38. The molecule has 0 N–H and O–H groups in total. The zero-order chi connectivity index (χ0) is 33.0. The number of anilines is 2. The van der Waals surface area contributed by atoms with Crippen LogP contribution >= 0.6 is 0 Å². The quantitative estimate of drug-likeness (QED) is 0.174. The van der Waals surface area contributed by atoms with Crippen LogP contribution in [0.1, 0.15) is 0 Å². The van der Waals surface area contributed by atoms with Gasteiger partial charge in [-0.05, 0) is 90.8 Å². The van der Waals surface area contributed by atoms with Gasteiger partial charge in [-0.2, -0.15) is 0 Å². The summed E-state index contributed by atoms with van der Waals surface area (Å²) in [5.74, 6) is 0. The van der Waals surface area contributed by atoms with E-state index in [-0.39, 0.29) is 6.85 Å². The summed E-state index contributed by atoms with van der Waals surface area (Å²) in [4.78, 5) is 2.60. The molecule has 0 spiro atoms. The second-order valence-electron chi connectivity index (χ2n) is 13.3. The van der Waals surface area contributed by atoms with Crippen LogP contribution < -0.4 is 15.7 Å². The Morgan fingerprint density at radius 2 is 0.700 bits per heavy atom. The Balaban J connectivity index is 1.23. The lowest BCUT2D eigenvalue weighted by Gasteiger charge is -2.43. The molecule has 2 aliphatic heterocycles. The van der Waals surface area contributed by atoms with E-state index in [1.165, 1.54) is 89.1 Å². The third-order valence-electron chi connectivity index (χ3n) is 10.5. The molecule has 2 heterocycles. The topological polar surface area (TPSA) is 3.24 Å². The molecule has 8 aromatic rings. The zero-order valence-electron chi connectivity index (χ0n) is 27.5. The molecule has 0 fully saturated rings. The van der Waals surface area contributed by atoms with Crippen LogP contribution in [0.4, 0.5) is 11.4 Å². The normalized spacial score (nSPS) is 12.3. The van der Waals surface area contributed by atoms with Crippen LogP contribution in [0.2, 0.25) is 0 Å². The predicted octanol–water partition coefficient (Wildman–Crippen LogP) is 11.3. The highest BCUT2D eigenvalue weighted by atomic mass is 15.1. The van der Waals surface area contributed by atoms with Gasteiger partial charge >= 0.3 is 6.85 Å². The minimum Gasteiger partial charge on any atom is -0.376 e. The molecular weight excluding hydrogens is 601 g/mol. The van der Waals surface area contributed by atoms with Gasteiger partial charge in [0.2, 0.25) is 0 Å². The maximum Gasteiger partial charge on any atom is 0.329 e. The molecule has 0 saturated carbocycles. The third kappa shape index (κ3) is 4.57. The van der Waals surface area contributed by atoms with Crippen LogP contribution in [-0.2, 0) is 0 Å². The van der Waals surface area contributed by atoms with Crippen LogP contribution in [0.25, 0.3) is 66.8 Å². The maximum absolute atomic E-state index is 2.60. The van der Waals surface area contributed by atoms with Crippen molar-refractivity contribution in [2.24, 2.45) is 0 Å². The molecule has 2 aliphatic rings. The molecule has 50 heavy (non-hydrogen) atoms. The first-order valence-electron chi connectivity index (χ1n) is 17.4. The van der Waals surface area contributed by atoms with Crippen LogP contribution in [0.5, 0.6) is 0 Å². The third-order valence-corrected chi connectivity index (χ3v) is 10.5. The minimum absolute atomic E-state index is 0.0233. The molecule has 10 rings (SSSR count). The fraction of sp³-hybridized carbons (Fsp3) is 0. The van der Waals surface area contributed by atoms with Gasteiger partial charge in [-0.25, -0.2) is 0 Å². The van der Waals surface area contributed by atoms with Gasteiger partial charge in [-0.3, -0.25) is 0 Å². The molecule has 0 unspecified atom stereocenters. The van der Waals surface area contributed by atoms with E-state index in [1.54, 1.807) is 0 Å². The maximum atomic E-state index is 2.60. The first kappa shape index (κ1) is 28.6. The molecule has 0 radical (unpaired) electrons. The molecular formula is C48H32BN. The van der Waals surface area contributed by atoms with Crippen molar-refractivity contribution in [1.29, 1.82) is 0 Å². The molecule has 2 heteroatoms. The molecule has 232 valence electrons. The molecule has 8 aromatic carbocycles. The molecule has 0 amide bonds. The number of hydrogen-bond acceptors (Lipinski definition) is 1. The number of nitrogens with zero attached hydrogens (tertiary/aromatic N) is 1. The van der Waals surface area contributed by atoms with Crippen molar-refractivity contribution in [1.82, 2.24) is 0 Å². The Morgan fingerprint density at radius 3 is 1.28 bits per heavy atom.